The van der Waals surface area contributed by atoms with Gasteiger partial charge in [0.05, 0.1) is 24.8 Å². The van der Waals surface area contributed by atoms with E-state index in [-0.39, 0.29) is 10.8 Å². The Morgan fingerprint density at radius 2 is 1.78 bits per heavy atom. The van der Waals surface area contributed by atoms with Crippen LogP contribution in [0.3, 0.4) is 0 Å². The van der Waals surface area contributed by atoms with Crippen molar-refractivity contribution in [1.29, 1.82) is 0 Å². The van der Waals surface area contributed by atoms with E-state index in [0.29, 0.717) is 17.0 Å². The molecule has 1 aliphatic heterocycles. The molecule has 3 rings (SSSR count). The highest BCUT2D eigenvalue weighted by molar-refractivity contribution is 6.30. The quantitative estimate of drug-likeness (QED) is 0.299. The lowest BCUT2D eigenvalue weighted by Gasteiger charge is -2.23. The molecule has 0 saturated heterocycles. The lowest BCUT2D eigenvalue weighted by molar-refractivity contribution is -0.162. The van der Waals surface area contributed by atoms with E-state index in [4.69, 9.17) is 31.3 Å². The number of halogens is 5. The van der Waals surface area contributed by atoms with Crippen molar-refractivity contribution in [2.45, 2.75) is 18.3 Å². The van der Waals surface area contributed by atoms with Crippen LogP contribution < -0.4 is 9.64 Å². The number of carbonyl (C=O) groups is 4. The molecule has 2 N–H and O–H groups in total. The minimum Gasteiger partial charge on any atom is -0.496 e. The van der Waals surface area contributed by atoms with E-state index in [0.717, 1.165) is 19.2 Å². The number of hydrogen-bond donors (Lipinski definition) is 2. The lowest BCUT2D eigenvalue weighted by atomic mass is 9.88. The summed E-state index contributed by atoms with van der Waals surface area (Å²) in [6.45, 7) is -1.20. The molecule has 2 atom stereocenters. The number of rotatable bonds is 8. The first-order valence-electron chi connectivity index (χ1n) is 9.89. The number of hydrogen-bond acceptors (Lipinski definition) is 6. The molecule has 0 aromatic heterocycles. The highest BCUT2D eigenvalue weighted by Gasteiger charge is 2.55. The molecule has 1 aliphatic rings. The Hall–Kier alpha value is -3.87. The van der Waals surface area contributed by atoms with Gasteiger partial charge >= 0.3 is 24.1 Å². The van der Waals surface area contributed by atoms with E-state index < -0.39 is 77.1 Å². The molecule has 2 unspecified atom stereocenters. The maximum Gasteiger partial charge on any atom is 0.416 e. The lowest BCUT2D eigenvalue weighted by Crippen LogP contribution is -2.41. The van der Waals surface area contributed by atoms with E-state index in [1.807, 2.05) is 0 Å². The van der Waals surface area contributed by atoms with Gasteiger partial charge in [0, 0.05) is 16.1 Å². The Morgan fingerprint density at radius 3 is 2.33 bits per heavy atom. The number of alkyl halides is 4. The van der Waals surface area contributed by atoms with Crippen LogP contribution in [0.1, 0.15) is 23.1 Å². The van der Waals surface area contributed by atoms with Crippen LogP contribution in [0.15, 0.2) is 36.4 Å². The fourth-order valence-electron chi connectivity index (χ4n) is 3.65. The molecular weight excluding hydrogens is 518 g/mol. The van der Waals surface area contributed by atoms with Crippen LogP contribution >= 0.6 is 11.6 Å². The second-order valence-electron chi connectivity index (χ2n) is 7.55. The summed E-state index contributed by atoms with van der Waals surface area (Å²) in [5.41, 5.74) is -5.97. The zero-order chi connectivity index (χ0) is 27.0. The summed E-state index contributed by atoms with van der Waals surface area (Å²) < 4.78 is 66.5. The fourth-order valence-corrected chi connectivity index (χ4v) is 3.82. The summed E-state index contributed by atoms with van der Waals surface area (Å²) in [6.07, 6.45) is -6.05. The molecule has 2 aromatic carbocycles. The summed E-state index contributed by atoms with van der Waals surface area (Å²) >= 11 is 5.95. The first-order valence-corrected chi connectivity index (χ1v) is 10.3. The third-order valence-electron chi connectivity index (χ3n) is 5.36. The van der Waals surface area contributed by atoms with Crippen LogP contribution in [0.2, 0.25) is 5.02 Å². The Morgan fingerprint density at radius 1 is 1.11 bits per heavy atom. The van der Waals surface area contributed by atoms with Crippen molar-refractivity contribution in [2.24, 2.45) is 5.92 Å². The van der Waals surface area contributed by atoms with Gasteiger partial charge in [-0.05, 0) is 30.3 Å². The van der Waals surface area contributed by atoms with Gasteiger partial charge in [-0.3, -0.25) is 24.1 Å². The Bertz CT molecular complexity index is 1250. The van der Waals surface area contributed by atoms with Gasteiger partial charge in [-0.25, -0.2) is 4.39 Å². The normalized spacial score (nSPS) is 17.9. The second-order valence-corrected chi connectivity index (χ2v) is 7.98. The van der Waals surface area contributed by atoms with E-state index in [2.05, 4.69) is 0 Å². The summed E-state index contributed by atoms with van der Waals surface area (Å²) in [4.78, 5) is 47.9. The molecule has 14 heteroatoms. The third kappa shape index (κ3) is 4.78. The number of esters is 1. The van der Waals surface area contributed by atoms with Gasteiger partial charge in [0.25, 0.3) is 5.91 Å². The molecule has 0 bridgehead atoms. The number of carboxylic acid groups (broad SMARTS) is 2. The topological polar surface area (TPSA) is 130 Å². The van der Waals surface area contributed by atoms with Crippen LogP contribution in [0, 0.1) is 5.92 Å². The third-order valence-corrected chi connectivity index (χ3v) is 5.59. The van der Waals surface area contributed by atoms with Crippen molar-refractivity contribution in [3.63, 3.8) is 0 Å². The molecule has 192 valence electrons. The number of nitrogens with zero attached hydrogens (tertiary/aromatic N) is 1. The van der Waals surface area contributed by atoms with Gasteiger partial charge in [-0.1, -0.05) is 17.7 Å². The number of ether oxygens (including phenoxy) is 2. The van der Waals surface area contributed by atoms with Gasteiger partial charge in [0.15, 0.2) is 12.6 Å². The molecule has 36 heavy (non-hydrogen) atoms. The van der Waals surface area contributed by atoms with Gasteiger partial charge in [-0.2, -0.15) is 13.2 Å². The summed E-state index contributed by atoms with van der Waals surface area (Å²) in [5.74, 6) is -8.90. The second kappa shape index (κ2) is 9.64. The molecule has 9 nitrogen and oxygen atoms in total. The maximum absolute atomic E-state index is 16.6. The Labute approximate surface area is 204 Å². The minimum absolute atomic E-state index is 0.0214. The highest BCUT2D eigenvalue weighted by atomic mass is 35.5. The molecule has 0 fully saturated rings. The van der Waals surface area contributed by atoms with Crippen molar-refractivity contribution in [3.05, 3.63) is 58.1 Å². The molecule has 0 saturated carbocycles. The van der Waals surface area contributed by atoms with Crippen molar-refractivity contribution in [2.75, 3.05) is 18.7 Å². The van der Waals surface area contributed by atoms with E-state index in [9.17, 15) is 32.3 Å². The van der Waals surface area contributed by atoms with Gasteiger partial charge in [0.1, 0.15) is 5.75 Å². The number of anilines is 1. The van der Waals surface area contributed by atoms with E-state index in [1.54, 1.807) is 0 Å². The summed E-state index contributed by atoms with van der Waals surface area (Å²) in [7, 11) is 1.16. The molecule has 0 aliphatic carbocycles. The summed E-state index contributed by atoms with van der Waals surface area (Å²) in [5, 5.41) is 17.9. The molecule has 1 amide bonds. The van der Waals surface area contributed by atoms with Crippen LogP contribution in [0.5, 0.6) is 5.75 Å². The average Bonchev–Trinajstić information content (AvgIpc) is 3.01. The van der Waals surface area contributed by atoms with Crippen LogP contribution in [-0.2, 0) is 35.8 Å². The molecule has 0 radical (unpaired) electrons. The molecular formula is C22H16ClF4NO8. The van der Waals surface area contributed by atoms with E-state index in [1.165, 1.54) is 12.1 Å². The number of aliphatic carboxylic acids is 2. The maximum atomic E-state index is 16.6. The van der Waals surface area contributed by atoms with Crippen LogP contribution in [-0.4, -0.2) is 47.9 Å². The zero-order valence-electron chi connectivity index (χ0n) is 18.1. The minimum atomic E-state index is -4.88. The number of methoxy groups -OCH3 is 1. The standard InChI is InChI=1S/C22H16ClF4NO8/c1-35-16-5-3-11(23)7-14(16)21(24)13-4-2-10(22(25,26)27)6-15(13)28(20(21)34)9-36-19(33)12(18(31)32)8-17(29)30/h2-7,12H,8-9H2,1H3,(H,29,30)(H,31,32). The number of carboxylic acids is 2. The van der Waals surface area contributed by atoms with Crippen molar-refractivity contribution < 1.29 is 56.4 Å². The number of amides is 1. The SMILES string of the molecule is COc1ccc(Cl)cc1C1(F)C(=O)N(COC(=O)C(CC(=O)O)C(=O)O)c2cc(C(F)(F)F)ccc21. The predicted octanol–water partition coefficient (Wildman–Crippen LogP) is 3.60. The van der Waals surface area contributed by atoms with Crippen LogP contribution in [0.4, 0.5) is 23.2 Å². The highest BCUT2D eigenvalue weighted by Crippen LogP contribution is 2.51. The van der Waals surface area contributed by atoms with Gasteiger partial charge in [0.2, 0.25) is 5.67 Å². The van der Waals surface area contributed by atoms with Crippen molar-refractivity contribution >= 4 is 41.1 Å². The van der Waals surface area contributed by atoms with E-state index >= 15 is 4.39 Å². The van der Waals surface area contributed by atoms with Crippen molar-refractivity contribution in [1.82, 2.24) is 0 Å². The van der Waals surface area contributed by atoms with Crippen molar-refractivity contribution in [3.8, 4) is 5.75 Å². The predicted molar refractivity (Wildman–Crippen MR) is 113 cm³/mol. The van der Waals surface area contributed by atoms with Gasteiger partial charge in [-0.15, -0.1) is 0 Å². The smallest absolute Gasteiger partial charge is 0.416 e. The largest absolute Gasteiger partial charge is 0.496 e. The van der Waals surface area contributed by atoms with Crippen LogP contribution in [0.25, 0.3) is 0 Å². The van der Waals surface area contributed by atoms with Gasteiger partial charge < -0.3 is 19.7 Å². The number of carbonyl (C=O) groups excluding carboxylic acids is 2. The fraction of sp³-hybridized carbons (Fsp3) is 0.273. The Balaban J connectivity index is 2.09. The zero-order valence-corrected chi connectivity index (χ0v) is 18.9. The molecule has 2 aromatic rings. The number of benzene rings is 2. The number of fused-ring (bicyclic) bond motifs is 1. The Kier molecular flexibility index (Phi) is 7.16. The first-order chi connectivity index (χ1) is 16.7. The molecule has 0 spiro atoms. The first kappa shape index (κ1) is 26.7. The average molecular weight is 534 g/mol. The monoisotopic (exact) mass is 533 g/mol. The molecule has 1 heterocycles. The summed E-state index contributed by atoms with van der Waals surface area (Å²) in [6, 6.07) is 5.37.